The lowest BCUT2D eigenvalue weighted by molar-refractivity contribution is -0.132. The quantitative estimate of drug-likeness (QED) is 0.309. The van der Waals surface area contributed by atoms with Gasteiger partial charge in [0, 0.05) is 27.6 Å². The van der Waals surface area contributed by atoms with Gasteiger partial charge in [0.2, 0.25) is 0 Å². The first-order chi connectivity index (χ1) is 15.0. The van der Waals surface area contributed by atoms with E-state index in [1.165, 1.54) is 0 Å². The van der Waals surface area contributed by atoms with Crippen LogP contribution in [0.4, 0.5) is 0 Å². The predicted molar refractivity (Wildman–Crippen MR) is 126 cm³/mol. The molecule has 0 saturated heterocycles. The van der Waals surface area contributed by atoms with Crippen LogP contribution in [0.25, 0.3) is 46.4 Å². The fourth-order valence-corrected chi connectivity index (χ4v) is 3.07. The summed E-state index contributed by atoms with van der Waals surface area (Å²) in [5.41, 5.74) is 8.25. The van der Waals surface area contributed by atoms with Crippen molar-refractivity contribution in [1.29, 1.82) is 0 Å². The molecule has 0 amide bonds. The van der Waals surface area contributed by atoms with Gasteiger partial charge in [-0.2, -0.15) is 0 Å². The molecule has 6 heteroatoms. The van der Waals surface area contributed by atoms with Gasteiger partial charge >= 0.3 is 5.97 Å². The summed E-state index contributed by atoms with van der Waals surface area (Å²) in [6, 6.07) is 16.4. The number of rotatable bonds is 1. The molecule has 154 valence electrons. The van der Waals surface area contributed by atoms with Gasteiger partial charge in [-0.25, -0.2) is 14.8 Å². The van der Waals surface area contributed by atoms with Crippen LogP contribution >= 0.6 is 0 Å². The number of hydrogen-bond donors (Lipinski definition) is 3. The van der Waals surface area contributed by atoms with Crippen molar-refractivity contribution in [1.82, 2.24) is 19.9 Å². The van der Waals surface area contributed by atoms with Crippen LogP contribution in [0.3, 0.4) is 0 Å². The van der Waals surface area contributed by atoms with Crippen molar-refractivity contribution in [2.24, 2.45) is 0 Å². The summed E-state index contributed by atoms with van der Waals surface area (Å²) in [7, 11) is 0. The first-order valence-electron chi connectivity index (χ1n) is 9.89. The number of fused-ring (bicyclic) bond motifs is 8. The summed E-state index contributed by atoms with van der Waals surface area (Å²) in [5, 5.41) is 8.11. The maximum atomic E-state index is 9.86. The molecule has 8 bridgehead atoms. The van der Waals surface area contributed by atoms with Gasteiger partial charge in [-0.05, 0) is 86.7 Å². The normalized spacial score (nSPS) is 12.4. The molecule has 0 atom stereocenters. The summed E-state index contributed by atoms with van der Waals surface area (Å²) < 4.78 is 0. The highest BCUT2D eigenvalue weighted by atomic mass is 16.4. The van der Waals surface area contributed by atoms with E-state index < -0.39 is 5.97 Å². The highest BCUT2D eigenvalue weighted by Gasteiger charge is 2.01. The Kier molecular flexibility index (Phi) is 5.62. The van der Waals surface area contributed by atoms with E-state index in [0.29, 0.717) is 5.57 Å². The number of carboxylic acid groups (broad SMARTS) is 1. The molecular weight excluding hydrogens is 388 g/mol. The second kappa shape index (κ2) is 8.67. The third kappa shape index (κ3) is 5.05. The first-order valence-corrected chi connectivity index (χ1v) is 9.89. The standard InChI is InChI=1S/C20H14N4.C5H8O2/c1-2-14-10-16-5-6-18(23-16)12-20-8-7-19(24-20)11-17-4-3-15(22-17)9-13(1)21-14;1-3-4(2)5(6)7/h1-12,21,24H;3H,1-2H3,(H,6,7). The van der Waals surface area contributed by atoms with Crippen molar-refractivity contribution in [2.45, 2.75) is 13.8 Å². The number of aromatic amines is 2. The molecule has 0 radical (unpaired) electrons. The highest BCUT2D eigenvalue weighted by molar-refractivity contribution is 5.85. The zero-order chi connectivity index (χ0) is 21.8. The molecule has 3 aromatic heterocycles. The number of hydrogen-bond acceptors (Lipinski definition) is 3. The molecule has 3 aromatic rings. The Hall–Kier alpha value is -4.19. The molecule has 2 aliphatic rings. The van der Waals surface area contributed by atoms with Gasteiger partial charge in [-0.3, -0.25) is 0 Å². The van der Waals surface area contributed by atoms with Crippen LogP contribution < -0.4 is 0 Å². The Bertz CT molecular complexity index is 1210. The Morgan fingerprint density at radius 1 is 0.742 bits per heavy atom. The molecular formula is C25H22N4O2. The lowest BCUT2D eigenvalue weighted by Gasteiger charge is -1.85. The SMILES string of the molecule is C1=Cc2cc3ccc(cc4nc(cc5ccc(cc1n2)[nH]5)C=C4)[nH]3.CC=C(C)C(=O)O. The second-order valence-corrected chi connectivity index (χ2v) is 7.18. The summed E-state index contributed by atoms with van der Waals surface area (Å²) in [4.78, 5) is 25.9. The fraction of sp³-hybridized carbons (Fsp3) is 0.0800. The minimum Gasteiger partial charge on any atom is -0.478 e. The van der Waals surface area contributed by atoms with Crippen LogP contribution in [-0.2, 0) is 4.79 Å². The molecule has 0 aliphatic carbocycles. The van der Waals surface area contributed by atoms with Crippen LogP contribution in [0.15, 0.2) is 60.2 Å². The Labute approximate surface area is 179 Å². The number of H-pyrrole nitrogens is 2. The second-order valence-electron chi connectivity index (χ2n) is 7.18. The van der Waals surface area contributed by atoms with Crippen molar-refractivity contribution in [2.75, 3.05) is 0 Å². The zero-order valence-corrected chi connectivity index (χ0v) is 17.3. The Morgan fingerprint density at radius 3 is 1.29 bits per heavy atom. The molecule has 3 N–H and O–H groups in total. The number of aromatic nitrogens is 4. The van der Waals surface area contributed by atoms with Crippen molar-refractivity contribution >= 4 is 52.3 Å². The molecule has 6 nitrogen and oxygen atoms in total. The lowest BCUT2D eigenvalue weighted by atomic mass is 10.3. The number of nitrogens with one attached hydrogen (secondary N) is 2. The molecule has 0 aromatic carbocycles. The van der Waals surface area contributed by atoms with Gasteiger partial charge in [0.05, 0.1) is 22.8 Å². The molecule has 2 aliphatic heterocycles. The zero-order valence-electron chi connectivity index (χ0n) is 17.3. The van der Waals surface area contributed by atoms with Crippen LogP contribution in [0, 0.1) is 0 Å². The number of carboxylic acids is 1. The van der Waals surface area contributed by atoms with Gasteiger partial charge < -0.3 is 15.1 Å². The third-order valence-corrected chi connectivity index (χ3v) is 4.81. The molecule has 5 rings (SSSR count). The van der Waals surface area contributed by atoms with E-state index in [0.717, 1.165) is 44.8 Å². The van der Waals surface area contributed by atoms with Gasteiger partial charge in [0.25, 0.3) is 0 Å². The maximum Gasteiger partial charge on any atom is 0.330 e. The average Bonchev–Trinajstić information content (AvgIpc) is 3.53. The van der Waals surface area contributed by atoms with E-state index in [-0.39, 0.29) is 0 Å². The summed E-state index contributed by atoms with van der Waals surface area (Å²) >= 11 is 0. The molecule has 0 unspecified atom stereocenters. The van der Waals surface area contributed by atoms with Crippen LogP contribution in [0.1, 0.15) is 36.6 Å². The van der Waals surface area contributed by atoms with E-state index in [1.54, 1.807) is 19.9 Å². The molecule has 0 spiro atoms. The Morgan fingerprint density at radius 2 is 1.06 bits per heavy atom. The smallest absolute Gasteiger partial charge is 0.330 e. The topological polar surface area (TPSA) is 94.7 Å². The van der Waals surface area contributed by atoms with Crippen molar-refractivity contribution in [3.05, 3.63) is 83.0 Å². The monoisotopic (exact) mass is 410 g/mol. The molecule has 31 heavy (non-hydrogen) atoms. The molecule has 0 saturated carbocycles. The third-order valence-electron chi connectivity index (χ3n) is 4.81. The van der Waals surface area contributed by atoms with Gasteiger partial charge in [0.1, 0.15) is 0 Å². The van der Waals surface area contributed by atoms with Crippen LogP contribution in [0.2, 0.25) is 0 Å². The highest BCUT2D eigenvalue weighted by Crippen LogP contribution is 2.16. The number of aliphatic carboxylic acids is 1. The predicted octanol–water partition coefficient (Wildman–Crippen LogP) is 5.69. The van der Waals surface area contributed by atoms with Crippen LogP contribution in [0.5, 0.6) is 0 Å². The largest absolute Gasteiger partial charge is 0.478 e. The molecule has 0 fully saturated rings. The van der Waals surface area contributed by atoms with Gasteiger partial charge in [0.15, 0.2) is 0 Å². The van der Waals surface area contributed by atoms with Gasteiger partial charge in [-0.1, -0.05) is 6.08 Å². The van der Waals surface area contributed by atoms with Crippen molar-refractivity contribution in [3.63, 3.8) is 0 Å². The van der Waals surface area contributed by atoms with E-state index in [2.05, 4.69) is 44.2 Å². The summed E-state index contributed by atoms with van der Waals surface area (Å²) in [6.45, 7) is 3.26. The van der Waals surface area contributed by atoms with E-state index >= 15 is 0 Å². The van der Waals surface area contributed by atoms with E-state index in [9.17, 15) is 4.79 Å². The van der Waals surface area contributed by atoms with Crippen molar-refractivity contribution < 1.29 is 9.90 Å². The lowest BCUT2D eigenvalue weighted by Crippen LogP contribution is -1.93. The number of carbonyl (C=O) groups is 1. The van der Waals surface area contributed by atoms with Gasteiger partial charge in [-0.15, -0.1) is 0 Å². The Balaban J connectivity index is 0.000000289. The van der Waals surface area contributed by atoms with E-state index in [1.807, 2.05) is 48.6 Å². The number of nitrogens with zero attached hydrogens (tertiary/aromatic N) is 2. The summed E-state index contributed by atoms with van der Waals surface area (Å²) in [5.74, 6) is -0.845. The average molecular weight is 410 g/mol. The first kappa shape index (κ1) is 20.1. The van der Waals surface area contributed by atoms with Crippen molar-refractivity contribution in [3.8, 4) is 0 Å². The van der Waals surface area contributed by atoms with Crippen LogP contribution in [-0.4, -0.2) is 31.0 Å². The molecule has 5 heterocycles. The minimum atomic E-state index is -0.845. The minimum absolute atomic E-state index is 0.389. The van der Waals surface area contributed by atoms with E-state index in [4.69, 9.17) is 5.11 Å². The fourth-order valence-electron chi connectivity index (χ4n) is 3.07. The number of allylic oxidation sites excluding steroid dienone is 1. The maximum absolute atomic E-state index is 9.86. The summed E-state index contributed by atoms with van der Waals surface area (Å²) in [6.07, 6.45) is 9.65.